The van der Waals surface area contributed by atoms with E-state index in [-0.39, 0.29) is 5.91 Å². The standard InChI is InChI=1S/C13H14FNO3/c1-7-10(14)3-2-4-11(7)15-12(16)8-5-6-9(8)13(17)18/h2-4,8-9H,5-6H2,1H3,(H,15,16)(H,17,18). The molecule has 1 aliphatic carbocycles. The van der Waals surface area contributed by atoms with E-state index in [2.05, 4.69) is 5.32 Å². The first-order valence-electron chi connectivity index (χ1n) is 5.79. The first-order valence-corrected chi connectivity index (χ1v) is 5.79. The van der Waals surface area contributed by atoms with E-state index in [0.29, 0.717) is 24.1 Å². The molecule has 0 heterocycles. The normalized spacial score (nSPS) is 22.1. The number of carboxylic acids is 1. The number of nitrogens with one attached hydrogen (secondary N) is 1. The average molecular weight is 251 g/mol. The van der Waals surface area contributed by atoms with Crippen LogP contribution in [0.25, 0.3) is 0 Å². The Morgan fingerprint density at radius 2 is 2.00 bits per heavy atom. The fourth-order valence-electron chi connectivity index (χ4n) is 2.08. The van der Waals surface area contributed by atoms with Crippen LogP contribution in [0, 0.1) is 24.6 Å². The van der Waals surface area contributed by atoms with Crippen LogP contribution in [0.5, 0.6) is 0 Å². The molecule has 1 aromatic rings. The minimum absolute atomic E-state index is 0.345. The van der Waals surface area contributed by atoms with Gasteiger partial charge in [-0.3, -0.25) is 9.59 Å². The molecule has 96 valence electrons. The summed E-state index contributed by atoms with van der Waals surface area (Å²) in [6.45, 7) is 1.57. The van der Waals surface area contributed by atoms with E-state index >= 15 is 0 Å². The molecule has 0 aromatic heterocycles. The van der Waals surface area contributed by atoms with Gasteiger partial charge in [0.1, 0.15) is 5.82 Å². The van der Waals surface area contributed by atoms with Gasteiger partial charge in [-0.05, 0) is 31.9 Å². The molecule has 0 spiro atoms. The Morgan fingerprint density at radius 3 is 2.56 bits per heavy atom. The number of rotatable bonds is 3. The molecule has 2 unspecified atom stereocenters. The van der Waals surface area contributed by atoms with E-state index in [1.807, 2.05) is 0 Å². The number of halogens is 1. The summed E-state index contributed by atoms with van der Waals surface area (Å²) in [6.07, 6.45) is 1.09. The number of hydrogen-bond acceptors (Lipinski definition) is 2. The maximum atomic E-state index is 13.3. The summed E-state index contributed by atoms with van der Waals surface area (Å²) in [4.78, 5) is 22.7. The number of anilines is 1. The molecular formula is C13H14FNO3. The smallest absolute Gasteiger partial charge is 0.307 e. The Morgan fingerprint density at radius 1 is 1.33 bits per heavy atom. The number of carboxylic acid groups (broad SMARTS) is 1. The van der Waals surface area contributed by atoms with Gasteiger partial charge in [-0.2, -0.15) is 0 Å². The predicted molar refractivity (Wildman–Crippen MR) is 63.6 cm³/mol. The highest BCUT2D eigenvalue weighted by Crippen LogP contribution is 2.35. The lowest BCUT2D eigenvalue weighted by molar-refractivity contribution is -0.151. The Labute approximate surface area is 104 Å². The van der Waals surface area contributed by atoms with E-state index < -0.39 is 23.6 Å². The first kappa shape index (κ1) is 12.5. The highest BCUT2D eigenvalue weighted by atomic mass is 19.1. The molecule has 5 heteroatoms. The number of aliphatic carboxylic acids is 1. The third-order valence-corrected chi connectivity index (χ3v) is 3.45. The quantitative estimate of drug-likeness (QED) is 0.865. The van der Waals surface area contributed by atoms with E-state index in [4.69, 9.17) is 5.11 Å². The molecule has 1 aromatic carbocycles. The van der Waals surface area contributed by atoms with Crippen LogP contribution in [0.2, 0.25) is 0 Å². The van der Waals surface area contributed by atoms with Gasteiger partial charge < -0.3 is 10.4 Å². The lowest BCUT2D eigenvalue weighted by Crippen LogP contribution is -2.41. The second-order valence-electron chi connectivity index (χ2n) is 4.53. The van der Waals surface area contributed by atoms with Gasteiger partial charge in [-0.15, -0.1) is 0 Å². The monoisotopic (exact) mass is 251 g/mol. The van der Waals surface area contributed by atoms with Gasteiger partial charge in [0.15, 0.2) is 0 Å². The van der Waals surface area contributed by atoms with Crippen molar-refractivity contribution in [2.45, 2.75) is 19.8 Å². The van der Waals surface area contributed by atoms with E-state index in [9.17, 15) is 14.0 Å². The van der Waals surface area contributed by atoms with Crippen LogP contribution in [0.1, 0.15) is 18.4 Å². The zero-order valence-corrected chi connectivity index (χ0v) is 9.94. The number of benzene rings is 1. The zero-order chi connectivity index (χ0) is 13.3. The van der Waals surface area contributed by atoms with Crippen molar-refractivity contribution in [3.8, 4) is 0 Å². The molecule has 18 heavy (non-hydrogen) atoms. The van der Waals surface area contributed by atoms with Crippen molar-refractivity contribution in [3.05, 3.63) is 29.6 Å². The molecule has 2 N–H and O–H groups in total. The number of carbonyl (C=O) groups excluding carboxylic acids is 1. The van der Waals surface area contributed by atoms with Crippen LogP contribution in [-0.4, -0.2) is 17.0 Å². The van der Waals surface area contributed by atoms with Crippen molar-refractivity contribution in [2.24, 2.45) is 11.8 Å². The fourth-order valence-corrected chi connectivity index (χ4v) is 2.08. The molecule has 0 bridgehead atoms. The van der Waals surface area contributed by atoms with Crippen LogP contribution >= 0.6 is 0 Å². The molecule has 0 aliphatic heterocycles. The predicted octanol–water partition coefficient (Wildman–Crippen LogP) is 2.18. The highest BCUT2D eigenvalue weighted by molar-refractivity contribution is 5.96. The summed E-state index contributed by atoms with van der Waals surface area (Å²) in [5, 5.41) is 11.5. The maximum Gasteiger partial charge on any atom is 0.307 e. The second-order valence-corrected chi connectivity index (χ2v) is 4.53. The molecule has 1 aliphatic rings. The molecule has 4 nitrogen and oxygen atoms in total. The molecular weight excluding hydrogens is 237 g/mol. The van der Waals surface area contributed by atoms with Crippen LogP contribution < -0.4 is 5.32 Å². The third kappa shape index (κ3) is 2.20. The summed E-state index contributed by atoms with van der Waals surface area (Å²) in [7, 11) is 0. The zero-order valence-electron chi connectivity index (χ0n) is 9.94. The molecule has 1 fully saturated rings. The van der Waals surface area contributed by atoms with Crippen LogP contribution in [0.4, 0.5) is 10.1 Å². The Bertz CT molecular complexity index is 501. The van der Waals surface area contributed by atoms with Gasteiger partial charge in [0.05, 0.1) is 11.8 Å². The fraction of sp³-hybridized carbons (Fsp3) is 0.385. The summed E-state index contributed by atoms with van der Waals surface area (Å²) >= 11 is 0. The van der Waals surface area contributed by atoms with Crippen molar-refractivity contribution in [3.63, 3.8) is 0 Å². The Balaban J connectivity index is 2.08. The number of carbonyl (C=O) groups is 2. The number of amides is 1. The van der Waals surface area contributed by atoms with Gasteiger partial charge in [0.25, 0.3) is 0 Å². The number of hydrogen-bond donors (Lipinski definition) is 2. The molecule has 0 saturated heterocycles. The van der Waals surface area contributed by atoms with E-state index in [0.717, 1.165) is 0 Å². The van der Waals surface area contributed by atoms with E-state index in [1.165, 1.54) is 12.1 Å². The lowest BCUT2D eigenvalue weighted by Gasteiger charge is -2.32. The van der Waals surface area contributed by atoms with Crippen molar-refractivity contribution in [1.82, 2.24) is 0 Å². The average Bonchev–Trinajstić information content (AvgIpc) is 2.22. The van der Waals surface area contributed by atoms with E-state index in [1.54, 1.807) is 13.0 Å². The molecule has 2 rings (SSSR count). The van der Waals surface area contributed by atoms with Crippen LogP contribution in [-0.2, 0) is 9.59 Å². The minimum atomic E-state index is -0.947. The minimum Gasteiger partial charge on any atom is -0.481 e. The Hall–Kier alpha value is -1.91. The van der Waals surface area contributed by atoms with Crippen molar-refractivity contribution >= 4 is 17.6 Å². The molecule has 0 radical (unpaired) electrons. The van der Waals surface area contributed by atoms with Gasteiger partial charge >= 0.3 is 5.97 Å². The molecule has 1 saturated carbocycles. The van der Waals surface area contributed by atoms with Gasteiger partial charge in [-0.1, -0.05) is 6.07 Å². The second kappa shape index (κ2) is 4.76. The van der Waals surface area contributed by atoms with Crippen molar-refractivity contribution in [2.75, 3.05) is 5.32 Å². The SMILES string of the molecule is Cc1c(F)cccc1NC(=O)C1CCC1C(=O)O. The third-order valence-electron chi connectivity index (χ3n) is 3.45. The van der Waals surface area contributed by atoms with Gasteiger partial charge in [0.2, 0.25) is 5.91 Å². The Kier molecular flexibility index (Phi) is 3.32. The molecule has 2 atom stereocenters. The maximum absolute atomic E-state index is 13.3. The van der Waals surface area contributed by atoms with Gasteiger partial charge in [-0.25, -0.2) is 4.39 Å². The largest absolute Gasteiger partial charge is 0.481 e. The van der Waals surface area contributed by atoms with Crippen molar-refractivity contribution in [1.29, 1.82) is 0 Å². The summed E-state index contributed by atoms with van der Waals surface area (Å²) in [6, 6.07) is 4.42. The van der Waals surface area contributed by atoms with Crippen LogP contribution in [0.3, 0.4) is 0 Å². The van der Waals surface area contributed by atoms with Gasteiger partial charge in [0, 0.05) is 11.3 Å². The molecule has 1 amide bonds. The topological polar surface area (TPSA) is 66.4 Å². The lowest BCUT2D eigenvalue weighted by atomic mass is 9.73. The summed E-state index contributed by atoms with van der Waals surface area (Å²) in [5.74, 6) is -2.81. The van der Waals surface area contributed by atoms with Crippen molar-refractivity contribution < 1.29 is 19.1 Å². The summed E-state index contributed by atoms with van der Waals surface area (Å²) < 4.78 is 13.3. The first-order chi connectivity index (χ1) is 8.50. The van der Waals surface area contributed by atoms with Crippen LogP contribution in [0.15, 0.2) is 18.2 Å². The highest BCUT2D eigenvalue weighted by Gasteiger charge is 2.41. The summed E-state index contributed by atoms with van der Waals surface area (Å²) in [5.41, 5.74) is 0.757.